The van der Waals surface area contributed by atoms with Gasteiger partial charge in [-0.25, -0.2) is 4.79 Å². The lowest BCUT2D eigenvalue weighted by molar-refractivity contribution is -0.119. The number of aromatic carboxylic acids is 1. The molecular formula is C14H12F3NO2. The lowest BCUT2D eigenvalue weighted by Gasteiger charge is -2.23. The zero-order valence-electron chi connectivity index (χ0n) is 10.6. The highest BCUT2D eigenvalue weighted by Gasteiger charge is 2.30. The second-order valence-corrected chi connectivity index (χ2v) is 4.45. The van der Waals surface area contributed by atoms with E-state index in [9.17, 15) is 18.0 Å². The molecule has 0 heterocycles. The van der Waals surface area contributed by atoms with Gasteiger partial charge in [0, 0.05) is 18.1 Å². The largest absolute Gasteiger partial charge is 0.478 e. The number of carboxylic acids is 1. The molecule has 0 aromatic heterocycles. The van der Waals surface area contributed by atoms with Crippen molar-refractivity contribution >= 4 is 22.4 Å². The Kier molecular flexibility index (Phi) is 3.57. The Morgan fingerprint density at radius 3 is 2.30 bits per heavy atom. The molecule has 0 unspecified atom stereocenters. The van der Waals surface area contributed by atoms with Gasteiger partial charge in [-0.1, -0.05) is 24.3 Å². The molecule has 0 fully saturated rings. The second-order valence-electron chi connectivity index (χ2n) is 4.45. The third-order valence-electron chi connectivity index (χ3n) is 2.96. The van der Waals surface area contributed by atoms with E-state index in [1.807, 2.05) is 0 Å². The second kappa shape index (κ2) is 5.03. The summed E-state index contributed by atoms with van der Waals surface area (Å²) in [6.07, 6.45) is -4.32. The first-order chi connectivity index (χ1) is 9.29. The van der Waals surface area contributed by atoms with Gasteiger partial charge in [0.05, 0.1) is 5.56 Å². The maximum absolute atomic E-state index is 12.5. The van der Waals surface area contributed by atoms with E-state index in [1.165, 1.54) is 19.2 Å². The summed E-state index contributed by atoms with van der Waals surface area (Å²) in [4.78, 5) is 12.2. The number of nitrogens with zero attached hydrogens (tertiary/aromatic N) is 1. The molecule has 0 radical (unpaired) electrons. The number of fused-ring (bicyclic) bond motifs is 1. The maximum atomic E-state index is 12.5. The van der Waals surface area contributed by atoms with Crippen LogP contribution in [0.15, 0.2) is 36.4 Å². The molecule has 0 aliphatic rings. The van der Waals surface area contributed by atoms with Crippen molar-refractivity contribution < 1.29 is 23.1 Å². The predicted octanol–water partition coefficient (Wildman–Crippen LogP) is 3.54. The van der Waals surface area contributed by atoms with E-state index in [4.69, 9.17) is 5.11 Å². The van der Waals surface area contributed by atoms with Gasteiger partial charge in [0.2, 0.25) is 0 Å². The zero-order chi connectivity index (χ0) is 14.9. The number of hydrogen-bond acceptors (Lipinski definition) is 2. The van der Waals surface area contributed by atoms with E-state index >= 15 is 0 Å². The van der Waals surface area contributed by atoms with Gasteiger partial charge >= 0.3 is 12.1 Å². The quantitative estimate of drug-likeness (QED) is 0.936. The number of rotatable bonds is 3. The van der Waals surface area contributed by atoms with Crippen LogP contribution in [0.4, 0.5) is 18.9 Å². The Labute approximate surface area is 113 Å². The molecule has 106 valence electrons. The van der Waals surface area contributed by atoms with Crippen molar-refractivity contribution in [2.24, 2.45) is 0 Å². The molecule has 0 aliphatic heterocycles. The fourth-order valence-electron chi connectivity index (χ4n) is 2.16. The Bertz CT molecular complexity index is 652. The number of benzene rings is 2. The van der Waals surface area contributed by atoms with E-state index in [0.29, 0.717) is 16.5 Å². The molecule has 0 atom stereocenters. The van der Waals surface area contributed by atoms with Crippen LogP contribution < -0.4 is 4.90 Å². The van der Waals surface area contributed by atoms with Crippen molar-refractivity contribution in [3.05, 3.63) is 42.0 Å². The van der Waals surface area contributed by atoms with Crippen molar-refractivity contribution in [1.82, 2.24) is 0 Å². The summed E-state index contributed by atoms with van der Waals surface area (Å²) in [6.45, 7) is -1.09. The van der Waals surface area contributed by atoms with Gasteiger partial charge in [0.25, 0.3) is 0 Å². The smallest absolute Gasteiger partial charge is 0.405 e. The van der Waals surface area contributed by atoms with Crippen LogP contribution >= 0.6 is 0 Å². The molecule has 3 nitrogen and oxygen atoms in total. The SMILES string of the molecule is CN(CC(F)(F)F)c1ccc(C(=O)O)c2ccccc12. The Morgan fingerprint density at radius 1 is 1.15 bits per heavy atom. The van der Waals surface area contributed by atoms with Gasteiger partial charge < -0.3 is 10.0 Å². The van der Waals surface area contributed by atoms with Gasteiger partial charge in [-0.3, -0.25) is 0 Å². The van der Waals surface area contributed by atoms with Crippen LogP contribution in [0, 0.1) is 0 Å². The van der Waals surface area contributed by atoms with Gasteiger partial charge in [0.1, 0.15) is 6.54 Å². The number of carboxylic acid groups (broad SMARTS) is 1. The maximum Gasteiger partial charge on any atom is 0.405 e. The van der Waals surface area contributed by atoms with E-state index in [0.717, 1.165) is 4.90 Å². The highest BCUT2D eigenvalue weighted by Crippen LogP contribution is 2.30. The summed E-state index contributed by atoms with van der Waals surface area (Å²) in [5, 5.41) is 10.0. The number of anilines is 1. The lowest BCUT2D eigenvalue weighted by Crippen LogP contribution is -2.31. The average molecular weight is 283 g/mol. The van der Waals surface area contributed by atoms with Crippen LogP contribution in [0.5, 0.6) is 0 Å². The van der Waals surface area contributed by atoms with Gasteiger partial charge in [-0.15, -0.1) is 0 Å². The van der Waals surface area contributed by atoms with Gasteiger partial charge in [0.15, 0.2) is 0 Å². The van der Waals surface area contributed by atoms with Crippen molar-refractivity contribution in [3.63, 3.8) is 0 Å². The summed E-state index contributed by atoms with van der Waals surface area (Å²) < 4.78 is 37.4. The summed E-state index contributed by atoms with van der Waals surface area (Å²) in [7, 11) is 1.33. The van der Waals surface area contributed by atoms with E-state index in [-0.39, 0.29) is 5.56 Å². The highest BCUT2D eigenvalue weighted by atomic mass is 19.4. The van der Waals surface area contributed by atoms with Crippen LogP contribution in [0.3, 0.4) is 0 Å². The third-order valence-corrected chi connectivity index (χ3v) is 2.96. The normalized spacial score (nSPS) is 11.6. The van der Waals surface area contributed by atoms with Crippen LogP contribution in [-0.2, 0) is 0 Å². The van der Waals surface area contributed by atoms with Gasteiger partial charge in [-0.05, 0) is 17.5 Å². The minimum atomic E-state index is -4.32. The molecule has 6 heteroatoms. The molecule has 2 rings (SSSR count). The summed E-state index contributed by atoms with van der Waals surface area (Å²) in [6, 6.07) is 9.25. The molecule has 0 saturated heterocycles. The average Bonchev–Trinajstić information content (AvgIpc) is 2.35. The number of hydrogen-bond donors (Lipinski definition) is 1. The molecule has 2 aromatic carbocycles. The Hall–Kier alpha value is -2.24. The first-order valence-electron chi connectivity index (χ1n) is 5.82. The standard InChI is InChI=1S/C14H12F3NO2/c1-18(8-14(15,16)17)12-7-6-11(13(19)20)9-4-2-3-5-10(9)12/h2-7H,8H2,1H3,(H,19,20). The fraction of sp³-hybridized carbons (Fsp3) is 0.214. The van der Waals surface area contributed by atoms with E-state index in [2.05, 4.69) is 0 Å². The molecular weight excluding hydrogens is 271 g/mol. The molecule has 0 amide bonds. The molecule has 0 bridgehead atoms. The fourth-order valence-corrected chi connectivity index (χ4v) is 2.16. The molecule has 0 aliphatic carbocycles. The third kappa shape index (κ3) is 2.84. The number of carbonyl (C=O) groups is 1. The molecule has 1 N–H and O–H groups in total. The zero-order valence-corrected chi connectivity index (χ0v) is 10.6. The molecule has 2 aromatic rings. The number of halogens is 3. The first-order valence-corrected chi connectivity index (χ1v) is 5.82. The summed E-state index contributed by atoms with van der Waals surface area (Å²) in [5.41, 5.74) is 0.424. The monoisotopic (exact) mass is 283 g/mol. The highest BCUT2D eigenvalue weighted by molar-refractivity contribution is 6.07. The summed E-state index contributed by atoms with van der Waals surface area (Å²) in [5.74, 6) is -1.11. The van der Waals surface area contributed by atoms with E-state index < -0.39 is 18.7 Å². The minimum Gasteiger partial charge on any atom is -0.478 e. The van der Waals surface area contributed by atoms with E-state index in [1.54, 1.807) is 24.3 Å². The molecule has 20 heavy (non-hydrogen) atoms. The van der Waals surface area contributed by atoms with Crippen LogP contribution in [0.25, 0.3) is 10.8 Å². The van der Waals surface area contributed by atoms with Gasteiger partial charge in [-0.2, -0.15) is 13.2 Å². The van der Waals surface area contributed by atoms with Crippen molar-refractivity contribution in [2.75, 3.05) is 18.5 Å². The topological polar surface area (TPSA) is 40.5 Å². The number of alkyl halides is 3. The van der Waals surface area contributed by atoms with Crippen LogP contribution in [0.2, 0.25) is 0 Å². The van der Waals surface area contributed by atoms with Crippen LogP contribution in [-0.4, -0.2) is 30.8 Å². The first kappa shape index (κ1) is 14.2. The van der Waals surface area contributed by atoms with Crippen molar-refractivity contribution in [2.45, 2.75) is 6.18 Å². The minimum absolute atomic E-state index is 0.0739. The van der Waals surface area contributed by atoms with Crippen molar-refractivity contribution in [1.29, 1.82) is 0 Å². The predicted molar refractivity (Wildman–Crippen MR) is 70.2 cm³/mol. The van der Waals surface area contributed by atoms with Crippen LogP contribution in [0.1, 0.15) is 10.4 Å². The Morgan fingerprint density at radius 2 is 1.75 bits per heavy atom. The Balaban J connectivity index is 2.56. The molecule has 0 saturated carbocycles. The molecule has 0 spiro atoms. The van der Waals surface area contributed by atoms with Crippen molar-refractivity contribution in [3.8, 4) is 0 Å². The lowest BCUT2D eigenvalue weighted by atomic mass is 10.0. The summed E-state index contributed by atoms with van der Waals surface area (Å²) >= 11 is 0.